The van der Waals surface area contributed by atoms with Gasteiger partial charge in [0.25, 0.3) is 0 Å². The summed E-state index contributed by atoms with van der Waals surface area (Å²) in [4.78, 5) is 2.47. The molecule has 0 amide bonds. The number of amidine groups is 1. The second-order valence-corrected chi connectivity index (χ2v) is 7.73. The SMILES string of the molecule is CCC1CCN(CCS(=O)(=O)c2cccc(C(=N)N)c2)C1. The van der Waals surface area contributed by atoms with E-state index >= 15 is 0 Å². The first-order valence-corrected chi connectivity index (χ1v) is 8.97. The van der Waals surface area contributed by atoms with Crippen LogP contribution >= 0.6 is 0 Å². The summed E-state index contributed by atoms with van der Waals surface area (Å²) in [6.45, 7) is 4.74. The lowest BCUT2D eigenvalue weighted by molar-refractivity contribution is 0.341. The summed E-state index contributed by atoms with van der Waals surface area (Å²) < 4.78 is 24.8. The molecule has 3 N–H and O–H groups in total. The fourth-order valence-corrected chi connectivity index (χ4v) is 4.00. The third-order valence-corrected chi connectivity index (χ3v) is 5.82. The Morgan fingerprint density at radius 1 is 1.48 bits per heavy atom. The molecule has 1 heterocycles. The van der Waals surface area contributed by atoms with Crippen LogP contribution in [0.25, 0.3) is 0 Å². The van der Waals surface area contributed by atoms with Crippen molar-refractivity contribution in [2.24, 2.45) is 11.7 Å². The molecule has 1 unspecified atom stereocenters. The first-order valence-electron chi connectivity index (χ1n) is 7.32. The van der Waals surface area contributed by atoms with Gasteiger partial charge in [-0.2, -0.15) is 0 Å². The molecule has 0 bridgehead atoms. The lowest BCUT2D eigenvalue weighted by atomic mass is 10.1. The summed E-state index contributed by atoms with van der Waals surface area (Å²) >= 11 is 0. The van der Waals surface area contributed by atoms with E-state index in [1.165, 1.54) is 6.07 Å². The summed E-state index contributed by atoms with van der Waals surface area (Å²) in [6.07, 6.45) is 2.32. The fourth-order valence-electron chi connectivity index (χ4n) is 2.67. The maximum absolute atomic E-state index is 12.4. The number of likely N-dealkylation sites (tertiary alicyclic amines) is 1. The lowest BCUT2D eigenvalue weighted by Gasteiger charge is -2.15. The van der Waals surface area contributed by atoms with Crippen molar-refractivity contribution in [1.82, 2.24) is 4.90 Å². The van der Waals surface area contributed by atoms with Gasteiger partial charge in [-0.3, -0.25) is 5.41 Å². The summed E-state index contributed by atoms with van der Waals surface area (Å²) in [5.41, 5.74) is 5.86. The molecule has 21 heavy (non-hydrogen) atoms. The Kier molecular flexibility index (Phi) is 5.00. The van der Waals surface area contributed by atoms with Crippen LogP contribution in [0.3, 0.4) is 0 Å². The Bertz CT molecular complexity index is 613. The van der Waals surface area contributed by atoms with Gasteiger partial charge in [-0.05, 0) is 31.0 Å². The van der Waals surface area contributed by atoms with Crippen LogP contribution in [0.15, 0.2) is 29.2 Å². The van der Waals surface area contributed by atoms with E-state index in [2.05, 4.69) is 11.8 Å². The normalized spacial score (nSPS) is 19.8. The second-order valence-electron chi connectivity index (χ2n) is 5.62. The minimum absolute atomic E-state index is 0.114. The number of benzene rings is 1. The van der Waals surface area contributed by atoms with Crippen molar-refractivity contribution < 1.29 is 8.42 Å². The molecule has 0 spiro atoms. The predicted molar refractivity (Wildman–Crippen MR) is 84.3 cm³/mol. The van der Waals surface area contributed by atoms with Gasteiger partial charge in [-0.15, -0.1) is 0 Å². The van der Waals surface area contributed by atoms with Gasteiger partial charge in [0.05, 0.1) is 10.6 Å². The molecular weight excluding hydrogens is 286 g/mol. The zero-order valence-electron chi connectivity index (χ0n) is 12.4. The van der Waals surface area contributed by atoms with E-state index in [1.54, 1.807) is 18.2 Å². The molecule has 116 valence electrons. The average Bonchev–Trinajstić information content (AvgIpc) is 2.93. The molecule has 1 aliphatic rings. The molecule has 1 aromatic carbocycles. The van der Waals surface area contributed by atoms with Gasteiger partial charge < -0.3 is 10.6 Å². The Morgan fingerprint density at radius 2 is 2.24 bits per heavy atom. The van der Waals surface area contributed by atoms with E-state index in [0.717, 1.165) is 25.9 Å². The number of hydrogen-bond donors (Lipinski definition) is 2. The number of nitrogens with zero attached hydrogens (tertiary/aromatic N) is 1. The van der Waals surface area contributed by atoms with E-state index in [9.17, 15) is 8.42 Å². The molecular formula is C15H23N3O2S. The van der Waals surface area contributed by atoms with Crippen LogP contribution in [0.4, 0.5) is 0 Å². The molecule has 1 aromatic rings. The molecule has 0 radical (unpaired) electrons. The van der Waals surface area contributed by atoms with Crippen LogP contribution in [0.1, 0.15) is 25.3 Å². The molecule has 0 aromatic heterocycles. The van der Waals surface area contributed by atoms with E-state index in [0.29, 0.717) is 18.0 Å². The van der Waals surface area contributed by atoms with Gasteiger partial charge in [0, 0.05) is 18.7 Å². The minimum atomic E-state index is -3.32. The Labute approximate surface area is 126 Å². The zero-order chi connectivity index (χ0) is 15.5. The maximum Gasteiger partial charge on any atom is 0.179 e. The predicted octanol–water partition coefficient (Wildman–Crippen LogP) is 1.48. The topological polar surface area (TPSA) is 87.2 Å². The van der Waals surface area contributed by atoms with Crippen LogP contribution in [-0.2, 0) is 9.84 Å². The number of nitrogen functional groups attached to an aromatic ring is 1. The van der Waals surface area contributed by atoms with Crippen molar-refractivity contribution in [1.29, 1.82) is 5.41 Å². The van der Waals surface area contributed by atoms with Gasteiger partial charge in [-0.25, -0.2) is 8.42 Å². The highest BCUT2D eigenvalue weighted by molar-refractivity contribution is 7.91. The van der Waals surface area contributed by atoms with Crippen molar-refractivity contribution in [3.63, 3.8) is 0 Å². The van der Waals surface area contributed by atoms with Crippen LogP contribution < -0.4 is 5.73 Å². The summed E-state index contributed by atoms with van der Waals surface area (Å²) in [6, 6.07) is 6.33. The van der Waals surface area contributed by atoms with Crippen molar-refractivity contribution in [3.8, 4) is 0 Å². The quantitative estimate of drug-likeness (QED) is 0.615. The van der Waals surface area contributed by atoms with Gasteiger partial charge in [0.2, 0.25) is 0 Å². The number of rotatable bonds is 6. The van der Waals surface area contributed by atoms with E-state index in [1.807, 2.05) is 0 Å². The fraction of sp³-hybridized carbons (Fsp3) is 0.533. The van der Waals surface area contributed by atoms with E-state index < -0.39 is 9.84 Å². The molecule has 0 aliphatic carbocycles. The highest BCUT2D eigenvalue weighted by Gasteiger charge is 2.23. The molecule has 5 nitrogen and oxygen atoms in total. The lowest BCUT2D eigenvalue weighted by Crippen LogP contribution is -2.27. The van der Waals surface area contributed by atoms with Gasteiger partial charge in [0.1, 0.15) is 5.84 Å². The van der Waals surface area contributed by atoms with Gasteiger partial charge in [-0.1, -0.05) is 25.5 Å². The first-order chi connectivity index (χ1) is 9.92. The smallest absolute Gasteiger partial charge is 0.179 e. The number of nitrogens with two attached hydrogens (primary N) is 1. The monoisotopic (exact) mass is 309 g/mol. The van der Waals surface area contributed by atoms with Gasteiger partial charge in [0.15, 0.2) is 9.84 Å². The molecule has 0 saturated carbocycles. The van der Waals surface area contributed by atoms with E-state index in [-0.39, 0.29) is 16.5 Å². The van der Waals surface area contributed by atoms with Crippen molar-refractivity contribution in [3.05, 3.63) is 29.8 Å². The second kappa shape index (κ2) is 6.58. The highest BCUT2D eigenvalue weighted by atomic mass is 32.2. The number of nitrogens with one attached hydrogen (secondary N) is 1. The van der Waals surface area contributed by atoms with Crippen LogP contribution in [0.5, 0.6) is 0 Å². The first kappa shape index (κ1) is 16.0. The Balaban J connectivity index is 2.02. The Hall–Kier alpha value is -1.40. The molecule has 2 rings (SSSR count). The van der Waals surface area contributed by atoms with Crippen molar-refractivity contribution in [2.75, 3.05) is 25.4 Å². The van der Waals surface area contributed by atoms with Crippen molar-refractivity contribution in [2.45, 2.75) is 24.7 Å². The van der Waals surface area contributed by atoms with Crippen LogP contribution in [0.2, 0.25) is 0 Å². The number of sulfone groups is 1. The largest absolute Gasteiger partial charge is 0.384 e. The molecule has 1 atom stereocenters. The third kappa shape index (κ3) is 4.04. The highest BCUT2D eigenvalue weighted by Crippen LogP contribution is 2.20. The third-order valence-electron chi connectivity index (χ3n) is 4.13. The van der Waals surface area contributed by atoms with Gasteiger partial charge >= 0.3 is 0 Å². The maximum atomic E-state index is 12.4. The molecule has 1 fully saturated rings. The standard InChI is InChI=1S/C15H23N3O2S/c1-2-12-6-7-18(11-12)8-9-21(19,20)14-5-3-4-13(10-14)15(16)17/h3-5,10,12H,2,6-9,11H2,1H3,(H3,16,17). The summed E-state index contributed by atoms with van der Waals surface area (Å²) in [5, 5.41) is 7.39. The summed E-state index contributed by atoms with van der Waals surface area (Å²) in [5.74, 6) is 0.705. The van der Waals surface area contributed by atoms with Crippen LogP contribution in [0, 0.1) is 11.3 Å². The average molecular weight is 309 g/mol. The minimum Gasteiger partial charge on any atom is -0.384 e. The molecule has 1 saturated heterocycles. The zero-order valence-corrected chi connectivity index (χ0v) is 13.2. The molecule has 6 heteroatoms. The van der Waals surface area contributed by atoms with Crippen LogP contribution in [-0.4, -0.2) is 44.5 Å². The Morgan fingerprint density at radius 3 is 2.86 bits per heavy atom. The summed E-state index contributed by atoms with van der Waals surface area (Å²) in [7, 11) is -3.32. The molecule has 1 aliphatic heterocycles. The van der Waals surface area contributed by atoms with Crippen molar-refractivity contribution >= 4 is 15.7 Å². The number of hydrogen-bond acceptors (Lipinski definition) is 4. The van der Waals surface area contributed by atoms with E-state index in [4.69, 9.17) is 11.1 Å².